The number of aliphatic hydroxyl groups excluding tert-OH is 10. The average molecular weight is 391 g/mol. The number of hydrogen-bond donors (Lipinski definition) is 12. The summed E-state index contributed by atoms with van der Waals surface area (Å²) >= 11 is 0. The SMILES string of the molecule is CNC[C@H](O)[C@@H](O)[C@H](O)[C@H](O)CO.O=C(O)[C@H](O)[C@@H](O)[C@H](O)[C@H](O)CO. The molecule has 26 heavy (non-hydrogen) atoms. The van der Waals surface area contributed by atoms with Gasteiger partial charge >= 0.3 is 5.97 Å². The molecule has 0 rings (SSSR count). The Hall–Kier alpha value is -0.970. The second-order valence-electron chi connectivity index (χ2n) is 5.37. The summed E-state index contributed by atoms with van der Waals surface area (Å²) in [6.45, 7) is -1.41. The third-order valence-electron chi connectivity index (χ3n) is 3.25. The normalized spacial score (nSPS) is 20.6. The van der Waals surface area contributed by atoms with Gasteiger partial charge in [-0.1, -0.05) is 0 Å². The molecule has 13 heteroatoms. The lowest BCUT2D eigenvalue weighted by Crippen LogP contribution is -2.48. The van der Waals surface area contributed by atoms with Gasteiger partial charge < -0.3 is 61.5 Å². The molecule has 8 atom stereocenters. The number of aliphatic carboxylic acids is 1. The smallest absolute Gasteiger partial charge is 0.335 e. The maximum absolute atomic E-state index is 10.1. The Morgan fingerprint density at radius 3 is 1.38 bits per heavy atom. The lowest BCUT2D eigenvalue weighted by Gasteiger charge is -2.25. The van der Waals surface area contributed by atoms with Crippen LogP contribution in [0.4, 0.5) is 0 Å². The predicted molar refractivity (Wildman–Crippen MR) is 83.8 cm³/mol. The fourth-order valence-corrected chi connectivity index (χ4v) is 1.56. The van der Waals surface area contributed by atoms with E-state index in [1.807, 2.05) is 0 Å². The van der Waals surface area contributed by atoms with Crippen molar-refractivity contribution in [1.82, 2.24) is 5.32 Å². The minimum Gasteiger partial charge on any atom is -0.479 e. The summed E-state index contributed by atoms with van der Waals surface area (Å²) in [6, 6.07) is 0. The molecular formula is C13H29NO12. The highest BCUT2D eigenvalue weighted by Crippen LogP contribution is 2.05. The lowest BCUT2D eigenvalue weighted by molar-refractivity contribution is -0.164. The number of likely N-dealkylation sites (N-methyl/N-ethyl adjacent to an activating group) is 1. The Morgan fingerprint density at radius 1 is 0.731 bits per heavy atom. The largest absolute Gasteiger partial charge is 0.479 e. The summed E-state index contributed by atoms with van der Waals surface area (Å²) in [5.41, 5.74) is 0. The van der Waals surface area contributed by atoms with Crippen molar-refractivity contribution in [2.45, 2.75) is 48.8 Å². The van der Waals surface area contributed by atoms with Gasteiger partial charge in [0.1, 0.15) is 36.6 Å². The van der Waals surface area contributed by atoms with Gasteiger partial charge in [0.25, 0.3) is 0 Å². The number of hydrogen-bond acceptors (Lipinski definition) is 12. The zero-order valence-corrected chi connectivity index (χ0v) is 14.1. The van der Waals surface area contributed by atoms with E-state index in [2.05, 4.69) is 5.32 Å². The van der Waals surface area contributed by atoms with Crippen LogP contribution in [0, 0.1) is 0 Å². The highest BCUT2D eigenvalue weighted by molar-refractivity contribution is 5.72. The highest BCUT2D eigenvalue weighted by atomic mass is 16.4. The van der Waals surface area contributed by atoms with E-state index in [0.717, 1.165) is 0 Å². The van der Waals surface area contributed by atoms with Crippen LogP contribution in [0.2, 0.25) is 0 Å². The van der Waals surface area contributed by atoms with Gasteiger partial charge in [0.2, 0.25) is 0 Å². The van der Waals surface area contributed by atoms with Crippen LogP contribution in [0.1, 0.15) is 0 Å². The van der Waals surface area contributed by atoms with Crippen LogP contribution in [-0.2, 0) is 4.79 Å². The Kier molecular flexibility index (Phi) is 14.8. The van der Waals surface area contributed by atoms with Crippen molar-refractivity contribution in [3.8, 4) is 0 Å². The number of nitrogens with one attached hydrogen (secondary N) is 1. The summed E-state index contributed by atoms with van der Waals surface area (Å²) in [4.78, 5) is 10.1. The van der Waals surface area contributed by atoms with Crippen LogP contribution < -0.4 is 5.32 Å². The monoisotopic (exact) mass is 391 g/mol. The maximum Gasteiger partial charge on any atom is 0.335 e. The molecule has 0 aliphatic rings. The van der Waals surface area contributed by atoms with Gasteiger partial charge in [-0.2, -0.15) is 0 Å². The lowest BCUT2D eigenvalue weighted by atomic mass is 10.0. The molecule has 0 unspecified atom stereocenters. The van der Waals surface area contributed by atoms with Crippen LogP contribution in [0.5, 0.6) is 0 Å². The van der Waals surface area contributed by atoms with E-state index in [-0.39, 0.29) is 6.54 Å². The van der Waals surface area contributed by atoms with Crippen molar-refractivity contribution in [3.05, 3.63) is 0 Å². The predicted octanol–water partition coefficient (Wildman–Crippen LogP) is -6.85. The van der Waals surface area contributed by atoms with Gasteiger partial charge in [-0.3, -0.25) is 0 Å². The molecule has 0 fully saturated rings. The molecule has 0 saturated heterocycles. The quantitative estimate of drug-likeness (QED) is 0.157. The average Bonchev–Trinajstić information content (AvgIpc) is 2.63. The number of rotatable bonds is 11. The fraction of sp³-hybridized carbons (Fsp3) is 0.923. The van der Waals surface area contributed by atoms with Crippen molar-refractivity contribution in [3.63, 3.8) is 0 Å². The Labute approximate surface area is 149 Å². The van der Waals surface area contributed by atoms with Crippen LogP contribution in [0.3, 0.4) is 0 Å². The van der Waals surface area contributed by atoms with E-state index in [9.17, 15) is 9.90 Å². The van der Waals surface area contributed by atoms with E-state index in [1.54, 1.807) is 7.05 Å². The third kappa shape index (κ3) is 9.65. The molecule has 0 bridgehead atoms. The van der Waals surface area contributed by atoms with Crippen molar-refractivity contribution in [1.29, 1.82) is 0 Å². The first-order chi connectivity index (χ1) is 12.0. The maximum atomic E-state index is 10.1. The molecule has 0 aromatic rings. The van der Waals surface area contributed by atoms with Gasteiger partial charge in [0.15, 0.2) is 6.10 Å². The molecule has 0 spiro atoms. The molecule has 13 nitrogen and oxygen atoms in total. The zero-order valence-electron chi connectivity index (χ0n) is 14.1. The first kappa shape index (κ1) is 27.3. The summed E-state index contributed by atoms with van der Waals surface area (Å²) in [5.74, 6) is -1.73. The molecule has 0 amide bonds. The van der Waals surface area contributed by atoms with E-state index >= 15 is 0 Å². The van der Waals surface area contributed by atoms with Gasteiger partial charge in [-0.25, -0.2) is 4.79 Å². The van der Waals surface area contributed by atoms with Crippen molar-refractivity contribution < 1.29 is 61.0 Å². The first-order valence-electron chi connectivity index (χ1n) is 7.49. The van der Waals surface area contributed by atoms with E-state index in [4.69, 9.17) is 51.1 Å². The molecule has 0 heterocycles. The Morgan fingerprint density at radius 2 is 1.08 bits per heavy atom. The van der Waals surface area contributed by atoms with E-state index in [0.29, 0.717) is 0 Å². The zero-order chi connectivity index (χ0) is 21.0. The van der Waals surface area contributed by atoms with Crippen LogP contribution in [0.15, 0.2) is 0 Å². The second-order valence-corrected chi connectivity index (χ2v) is 5.37. The molecule has 0 aliphatic heterocycles. The number of carbonyl (C=O) groups is 1. The second kappa shape index (κ2) is 14.1. The fourth-order valence-electron chi connectivity index (χ4n) is 1.56. The molecule has 0 aliphatic carbocycles. The van der Waals surface area contributed by atoms with Crippen LogP contribution in [-0.4, -0.2) is 138 Å². The molecule has 0 aromatic heterocycles. The summed E-state index contributed by atoms with van der Waals surface area (Å²) in [6.07, 6.45) is -13.5. The number of aliphatic hydroxyl groups is 10. The number of carboxylic acids is 1. The molecular weight excluding hydrogens is 362 g/mol. The van der Waals surface area contributed by atoms with Gasteiger partial charge in [-0.05, 0) is 7.05 Å². The van der Waals surface area contributed by atoms with E-state index < -0.39 is 68.0 Å². The summed E-state index contributed by atoms with van der Waals surface area (Å²) in [5, 5.41) is 99.3. The number of carboxylic acid groups (broad SMARTS) is 1. The van der Waals surface area contributed by atoms with Gasteiger partial charge in [0.05, 0.1) is 19.3 Å². The molecule has 0 radical (unpaired) electrons. The van der Waals surface area contributed by atoms with E-state index in [1.165, 1.54) is 0 Å². The minimum absolute atomic E-state index is 0.0936. The highest BCUT2D eigenvalue weighted by Gasteiger charge is 2.33. The van der Waals surface area contributed by atoms with Crippen LogP contribution >= 0.6 is 0 Å². The molecule has 158 valence electrons. The van der Waals surface area contributed by atoms with Crippen molar-refractivity contribution in [2.75, 3.05) is 26.8 Å². The topological polar surface area (TPSA) is 252 Å². The summed E-state index contributed by atoms with van der Waals surface area (Å²) in [7, 11) is 1.57. The van der Waals surface area contributed by atoms with Crippen molar-refractivity contribution in [2.24, 2.45) is 0 Å². The minimum atomic E-state index is -2.20. The molecule has 12 N–H and O–H groups in total. The van der Waals surface area contributed by atoms with Crippen molar-refractivity contribution >= 4 is 5.97 Å². The Bertz CT molecular complexity index is 373. The standard InChI is InChI=1S/C7H17NO5.C6H12O7/c1-8-2-4(10)6(12)7(13)5(11)3-9;7-1-2(8)3(9)4(10)5(11)6(12)13/h4-13H,2-3H2,1H3;2-5,7-11H,1H2,(H,12,13)/t4-,5+,6+,7+;2-,3-,4+,5-/m01/s1. The Balaban J connectivity index is 0. The molecule has 0 aromatic carbocycles. The molecule has 0 saturated carbocycles. The first-order valence-corrected chi connectivity index (χ1v) is 7.49. The van der Waals surface area contributed by atoms with Gasteiger partial charge in [-0.15, -0.1) is 0 Å². The third-order valence-corrected chi connectivity index (χ3v) is 3.25. The summed E-state index contributed by atoms with van der Waals surface area (Å²) < 4.78 is 0. The van der Waals surface area contributed by atoms with Crippen LogP contribution in [0.25, 0.3) is 0 Å². The van der Waals surface area contributed by atoms with Gasteiger partial charge in [0, 0.05) is 6.54 Å².